The number of hydrogen-bond acceptors (Lipinski definition) is 2. The van der Waals surface area contributed by atoms with Gasteiger partial charge in [-0.15, -0.1) is 0 Å². The van der Waals surface area contributed by atoms with Gasteiger partial charge in [0.05, 0.1) is 6.10 Å². The molecule has 0 aromatic heterocycles. The summed E-state index contributed by atoms with van der Waals surface area (Å²) in [7, 11) is 0. The summed E-state index contributed by atoms with van der Waals surface area (Å²) in [6, 6.07) is 13.1. The van der Waals surface area contributed by atoms with E-state index in [2.05, 4.69) is 0 Å². The van der Waals surface area contributed by atoms with Crippen molar-refractivity contribution in [2.45, 2.75) is 19.4 Å². The lowest BCUT2D eigenvalue weighted by atomic mass is 10.1. The Hall–Kier alpha value is -1.87. The van der Waals surface area contributed by atoms with E-state index in [1.807, 2.05) is 25.1 Å². The first-order valence-corrected chi connectivity index (χ1v) is 5.91. The predicted molar refractivity (Wildman–Crippen MR) is 68.2 cm³/mol. The number of ether oxygens (including phenoxy) is 1. The summed E-state index contributed by atoms with van der Waals surface area (Å²) in [6.45, 7) is 1.90. The molecule has 0 bridgehead atoms. The molecule has 2 nitrogen and oxygen atoms in total. The topological polar surface area (TPSA) is 29.5 Å². The minimum absolute atomic E-state index is 0.302. The van der Waals surface area contributed by atoms with Crippen molar-refractivity contribution in [3.63, 3.8) is 0 Å². The molecule has 0 amide bonds. The maximum atomic E-state index is 12.8. The first-order chi connectivity index (χ1) is 8.70. The van der Waals surface area contributed by atoms with Gasteiger partial charge in [0.2, 0.25) is 0 Å². The molecule has 0 heterocycles. The van der Waals surface area contributed by atoms with Gasteiger partial charge in [0.25, 0.3) is 0 Å². The third kappa shape index (κ3) is 2.87. The smallest absolute Gasteiger partial charge is 0.133 e. The van der Waals surface area contributed by atoms with Crippen LogP contribution >= 0.6 is 0 Å². The Morgan fingerprint density at radius 3 is 2.44 bits per heavy atom. The second-order valence-electron chi connectivity index (χ2n) is 4.02. The summed E-state index contributed by atoms with van der Waals surface area (Å²) >= 11 is 0. The van der Waals surface area contributed by atoms with Gasteiger partial charge in [0.15, 0.2) is 0 Å². The summed E-state index contributed by atoms with van der Waals surface area (Å²) in [5.74, 6) is 0.842. The van der Waals surface area contributed by atoms with Gasteiger partial charge in [-0.2, -0.15) is 0 Å². The molecule has 0 spiro atoms. The summed E-state index contributed by atoms with van der Waals surface area (Å²) in [5, 5.41) is 9.89. The molecule has 0 aliphatic carbocycles. The quantitative estimate of drug-likeness (QED) is 0.881. The summed E-state index contributed by atoms with van der Waals surface area (Å²) in [5.41, 5.74) is 0.740. The van der Waals surface area contributed by atoms with E-state index in [4.69, 9.17) is 4.74 Å². The maximum absolute atomic E-state index is 12.8. The van der Waals surface area contributed by atoms with Crippen LogP contribution in [0.1, 0.15) is 25.0 Å². The van der Waals surface area contributed by atoms with Gasteiger partial charge >= 0.3 is 0 Å². The molecule has 2 rings (SSSR count). The Labute approximate surface area is 106 Å². The Morgan fingerprint density at radius 1 is 1.11 bits per heavy atom. The fourth-order valence-electron chi connectivity index (χ4n) is 1.70. The van der Waals surface area contributed by atoms with Crippen molar-refractivity contribution in [1.29, 1.82) is 0 Å². The molecular weight excluding hydrogens is 231 g/mol. The largest absolute Gasteiger partial charge is 0.457 e. The highest BCUT2D eigenvalue weighted by atomic mass is 19.1. The highest BCUT2D eigenvalue weighted by Crippen LogP contribution is 2.30. The number of hydrogen-bond donors (Lipinski definition) is 1. The summed E-state index contributed by atoms with van der Waals surface area (Å²) in [6.07, 6.45) is 0.0608. The first-order valence-electron chi connectivity index (χ1n) is 5.91. The molecule has 0 unspecified atom stereocenters. The van der Waals surface area contributed by atoms with E-state index in [0.29, 0.717) is 17.9 Å². The molecular formula is C15H15FO2. The third-order valence-corrected chi connectivity index (χ3v) is 2.71. The highest BCUT2D eigenvalue weighted by molar-refractivity contribution is 5.39. The van der Waals surface area contributed by atoms with Crippen LogP contribution in [0, 0.1) is 5.82 Å². The zero-order valence-corrected chi connectivity index (χ0v) is 10.1. The lowest BCUT2D eigenvalue weighted by Gasteiger charge is -2.14. The van der Waals surface area contributed by atoms with Gasteiger partial charge in [0, 0.05) is 5.56 Å². The van der Waals surface area contributed by atoms with Crippen molar-refractivity contribution in [1.82, 2.24) is 0 Å². The lowest BCUT2D eigenvalue weighted by Crippen LogP contribution is -1.98. The first kappa shape index (κ1) is 12.6. The number of benzene rings is 2. The van der Waals surface area contributed by atoms with Crippen molar-refractivity contribution in [2.75, 3.05) is 0 Å². The molecule has 18 heavy (non-hydrogen) atoms. The van der Waals surface area contributed by atoms with Crippen LogP contribution in [0.3, 0.4) is 0 Å². The summed E-state index contributed by atoms with van der Waals surface area (Å²) in [4.78, 5) is 0. The van der Waals surface area contributed by atoms with E-state index in [9.17, 15) is 9.50 Å². The standard InChI is InChI=1S/C15H15FO2/c1-2-14(17)13-5-3-4-6-15(13)18-12-9-7-11(16)8-10-12/h3-10,14,17H,2H2,1H3/t14-/m0/s1. The maximum Gasteiger partial charge on any atom is 0.133 e. The van der Waals surface area contributed by atoms with E-state index in [-0.39, 0.29) is 5.82 Å². The second-order valence-corrected chi connectivity index (χ2v) is 4.02. The van der Waals surface area contributed by atoms with Gasteiger partial charge in [-0.25, -0.2) is 4.39 Å². The normalized spacial score (nSPS) is 12.2. The molecule has 2 aromatic carbocycles. The second kappa shape index (κ2) is 5.65. The minimum atomic E-state index is -0.554. The van der Waals surface area contributed by atoms with Crippen molar-refractivity contribution in [2.24, 2.45) is 0 Å². The highest BCUT2D eigenvalue weighted by Gasteiger charge is 2.11. The van der Waals surface area contributed by atoms with E-state index in [0.717, 1.165) is 5.56 Å². The average molecular weight is 246 g/mol. The van der Waals surface area contributed by atoms with E-state index >= 15 is 0 Å². The molecule has 0 aliphatic rings. The van der Waals surface area contributed by atoms with E-state index in [1.165, 1.54) is 12.1 Å². The molecule has 2 aromatic rings. The Balaban J connectivity index is 2.26. The lowest BCUT2D eigenvalue weighted by molar-refractivity contribution is 0.170. The third-order valence-electron chi connectivity index (χ3n) is 2.71. The fraction of sp³-hybridized carbons (Fsp3) is 0.200. The Bertz CT molecular complexity index is 508. The average Bonchev–Trinajstić information content (AvgIpc) is 2.41. The monoisotopic (exact) mass is 246 g/mol. The summed E-state index contributed by atoms with van der Waals surface area (Å²) < 4.78 is 18.5. The van der Waals surface area contributed by atoms with Crippen LogP contribution < -0.4 is 4.74 Å². The van der Waals surface area contributed by atoms with Crippen LogP contribution in [0.2, 0.25) is 0 Å². The van der Waals surface area contributed by atoms with Crippen LogP contribution in [-0.2, 0) is 0 Å². The van der Waals surface area contributed by atoms with Crippen LogP contribution in [0.15, 0.2) is 48.5 Å². The molecule has 0 aliphatic heterocycles. The van der Waals surface area contributed by atoms with Gasteiger partial charge in [-0.3, -0.25) is 0 Å². The van der Waals surface area contributed by atoms with Crippen LogP contribution in [0.4, 0.5) is 4.39 Å². The van der Waals surface area contributed by atoms with Crippen LogP contribution in [-0.4, -0.2) is 5.11 Å². The SMILES string of the molecule is CC[C@H](O)c1ccccc1Oc1ccc(F)cc1. The predicted octanol–water partition coefficient (Wildman–Crippen LogP) is 4.06. The number of rotatable bonds is 4. The molecule has 1 atom stereocenters. The fourth-order valence-corrected chi connectivity index (χ4v) is 1.70. The minimum Gasteiger partial charge on any atom is -0.457 e. The van der Waals surface area contributed by atoms with Crippen molar-refractivity contribution in [3.8, 4) is 11.5 Å². The molecule has 0 saturated heterocycles. The number of para-hydroxylation sites is 1. The van der Waals surface area contributed by atoms with E-state index in [1.54, 1.807) is 18.2 Å². The van der Waals surface area contributed by atoms with Crippen molar-refractivity contribution >= 4 is 0 Å². The van der Waals surface area contributed by atoms with Gasteiger partial charge in [-0.05, 0) is 36.8 Å². The van der Waals surface area contributed by atoms with E-state index < -0.39 is 6.10 Å². The number of aliphatic hydroxyl groups is 1. The van der Waals surface area contributed by atoms with Crippen molar-refractivity contribution < 1.29 is 14.2 Å². The van der Waals surface area contributed by atoms with Crippen LogP contribution in [0.5, 0.6) is 11.5 Å². The molecule has 0 radical (unpaired) electrons. The van der Waals surface area contributed by atoms with Crippen molar-refractivity contribution in [3.05, 3.63) is 59.9 Å². The zero-order chi connectivity index (χ0) is 13.0. The molecule has 94 valence electrons. The molecule has 3 heteroatoms. The molecule has 0 saturated carbocycles. The Kier molecular flexibility index (Phi) is 3.95. The molecule has 1 N–H and O–H groups in total. The zero-order valence-electron chi connectivity index (χ0n) is 10.1. The van der Waals surface area contributed by atoms with Gasteiger partial charge < -0.3 is 9.84 Å². The van der Waals surface area contributed by atoms with Crippen LogP contribution in [0.25, 0.3) is 0 Å². The molecule has 0 fully saturated rings. The number of aliphatic hydroxyl groups excluding tert-OH is 1. The Morgan fingerprint density at radius 2 is 1.78 bits per heavy atom. The van der Waals surface area contributed by atoms with Gasteiger partial charge in [-0.1, -0.05) is 25.1 Å². The number of halogens is 1. The van der Waals surface area contributed by atoms with Gasteiger partial charge in [0.1, 0.15) is 17.3 Å².